The van der Waals surface area contributed by atoms with Gasteiger partial charge in [0.15, 0.2) is 0 Å². The molecule has 1 aromatic carbocycles. The first-order valence-electron chi connectivity index (χ1n) is 7.88. The maximum Gasteiger partial charge on any atom is 0.253 e. The average molecular weight is 290 g/mol. The minimum Gasteiger partial charge on any atom is -0.494 e. The van der Waals surface area contributed by atoms with E-state index in [1.54, 1.807) is 0 Å². The van der Waals surface area contributed by atoms with Crippen LogP contribution < -0.4 is 10.5 Å². The number of carbonyl (C=O) groups is 1. The third kappa shape index (κ3) is 4.46. The number of unbranched alkanes of at least 4 members (excludes halogenated alkanes) is 1. The summed E-state index contributed by atoms with van der Waals surface area (Å²) >= 11 is 0. The van der Waals surface area contributed by atoms with Gasteiger partial charge in [-0.3, -0.25) is 4.79 Å². The van der Waals surface area contributed by atoms with Gasteiger partial charge in [0.1, 0.15) is 5.75 Å². The SMILES string of the molecule is CCCCOc1ccc(C(=O)N2CC(C)CC(N)C2)cc1. The number of benzene rings is 1. The van der Waals surface area contributed by atoms with Crippen LogP contribution in [0.4, 0.5) is 0 Å². The number of likely N-dealkylation sites (tertiary alicyclic amines) is 1. The highest BCUT2D eigenvalue weighted by molar-refractivity contribution is 5.94. The summed E-state index contributed by atoms with van der Waals surface area (Å²) in [5, 5.41) is 0. The van der Waals surface area contributed by atoms with E-state index in [1.807, 2.05) is 29.2 Å². The number of carbonyl (C=O) groups excluding carboxylic acids is 1. The molecule has 4 nitrogen and oxygen atoms in total. The Labute approximate surface area is 127 Å². The Morgan fingerprint density at radius 1 is 1.33 bits per heavy atom. The Morgan fingerprint density at radius 3 is 2.67 bits per heavy atom. The largest absolute Gasteiger partial charge is 0.494 e. The lowest BCUT2D eigenvalue weighted by molar-refractivity contribution is 0.0661. The lowest BCUT2D eigenvalue weighted by atomic mass is 9.96. The summed E-state index contributed by atoms with van der Waals surface area (Å²) in [6, 6.07) is 7.52. The highest BCUT2D eigenvalue weighted by atomic mass is 16.5. The second-order valence-electron chi connectivity index (χ2n) is 6.04. The smallest absolute Gasteiger partial charge is 0.253 e. The quantitative estimate of drug-likeness (QED) is 0.848. The lowest BCUT2D eigenvalue weighted by Crippen LogP contribution is -2.48. The number of hydrogen-bond acceptors (Lipinski definition) is 3. The first-order valence-corrected chi connectivity index (χ1v) is 7.88. The van der Waals surface area contributed by atoms with Crippen molar-refractivity contribution in [1.82, 2.24) is 4.90 Å². The summed E-state index contributed by atoms with van der Waals surface area (Å²) in [5.41, 5.74) is 6.72. The number of rotatable bonds is 5. The zero-order valence-corrected chi connectivity index (χ0v) is 13.0. The second kappa shape index (κ2) is 7.46. The molecule has 0 radical (unpaired) electrons. The molecule has 0 aromatic heterocycles. The highest BCUT2D eigenvalue weighted by Gasteiger charge is 2.26. The monoisotopic (exact) mass is 290 g/mol. The van der Waals surface area contributed by atoms with Gasteiger partial charge in [-0.2, -0.15) is 0 Å². The standard InChI is InChI=1S/C17H26N2O2/c1-3-4-9-21-16-7-5-14(6-8-16)17(20)19-11-13(2)10-15(18)12-19/h5-8,13,15H,3-4,9-12,18H2,1-2H3. The molecule has 1 heterocycles. The van der Waals surface area contributed by atoms with Crippen molar-refractivity contribution in [3.63, 3.8) is 0 Å². The molecule has 2 N–H and O–H groups in total. The van der Waals surface area contributed by atoms with Crippen LogP contribution in [-0.2, 0) is 0 Å². The Hall–Kier alpha value is -1.55. The van der Waals surface area contributed by atoms with Gasteiger partial charge in [-0.1, -0.05) is 20.3 Å². The van der Waals surface area contributed by atoms with Crippen molar-refractivity contribution >= 4 is 5.91 Å². The van der Waals surface area contributed by atoms with Crippen LogP contribution in [0.5, 0.6) is 5.75 Å². The van der Waals surface area contributed by atoms with Crippen molar-refractivity contribution in [2.24, 2.45) is 11.7 Å². The summed E-state index contributed by atoms with van der Waals surface area (Å²) in [7, 11) is 0. The molecule has 1 aliphatic rings. The zero-order valence-electron chi connectivity index (χ0n) is 13.0. The van der Waals surface area contributed by atoms with Gasteiger partial charge in [0.2, 0.25) is 0 Å². The van der Waals surface area contributed by atoms with Crippen molar-refractivity contribution in [1.29, 1.82) is 0 Å². The van der Waals surface area contributed by atoms with Crippen LogP contribution in [0.2, 0.25) is 0 Å². The second-order valence-corrected chi connectivity index (χ2v) is 6.04. The van der Waals surface area contributed by atoms with Crippen molar-refractivity contribution in [2.45, 2.75) is 39.2 Å². The molecule has 21 heavy (non-hydrogen) atoms. The summed E-state index contributed by atoms with van der Waals surface area (Å²) in [6.45, 7) is 6.45. The molecular weight excluding hydrogens is 264 g/mol. The molecule has 2 rings (SSSR count). The fourth-order valence-electron chi connectivity index (χ4n) is 2.78. The maximum atomic E-state index is 12.5. The molecule has 2 atom stereocenters. The molecule has 0 aliphatic carbocycles. The molecular formula is C17H26N2O2. The van der Waals surface area contributed by atoms with Crippen LogP contribution in [-0.4, -0.2) is 36.5 Å². The fourth-order valence-corrected chi connectivity index (χ4v) is 2.78. The predicted molar refractivity (Wildman–Crippen MR) is 84.5 cm³/mol. The first kappa shape index (κ1) is 15.8. The molecule has 116 valence electrons. The van der Waals surface area contributed by atoms with E-state index in [-0.39, 0.29) is 11.9 Å². The minimum atomic E-state index is 0.0668. The Morgan fingerprint density at radius 2 is 2.05 bits per heavy atom. The molecule has 4 heteroatoms. The molecule has 0 spiro atoms. The number of nitrogens with zero attached hydrogens (tertiary/aromatic N) is 1. The van der Waals surface area contributed by atoms with E-state index in [9.17, 15) is 4.79 Å². The zero-order chi connectivity index (χ0) is 15.2. The van der Waals surface area contributed by atoms with Crippen molar-refractivity contribution in [2.75, 3.05) is 19.7 Å². The van der Waals surface area contributed by atoms with Gasteiger partial charge in [-0.25, -0.2) is 0 Å². The van der Waals surface area contributed by atoms with Crippen LogP contribution in [0.25, 0.3) is 0 Å². The van der Waals surface area contributed by atoms with E-state index < -0.39 is 0 Å². The van der Waals surface area contributed by atoms with Gasteiger partial charge in [0.05, 0.1) is 6.61 Å². The normalized spacial score (nSPS) is 22.1. The first-order chi connectivity index (χ1) is 10.1. The molecule has 1 saturated heterocycles. The topological polar surface area (TPSA) is 55.6 Å². The lowest BCUT2D eigenvalue weighted by Gasteiger charge is -2.34. The molecule has 1 fully saturated rings. The number of ether oxygens (including phenoxy) is 1. The summed E-state index contributed by atoms with van der Waals surface area (Å²) in [5.74, 6) is 1.36. The van der Waals surface area contributed by atoms with E-state index in [4.69, 9.17) is 10.5 Å². The predicted octanol–water partition coefficient (Wildman–Crippen LogP) is 2.67. The Bertz CT molecular complexity index is 448. The molecule has 1 amide bonds. The number of nitrogens with two attached hydrogens (primary N) is 1. The van der Waals surface area contributed by atoms with Gasteiger partial charge >= 0.3 is 0 Å². The fraction of sp³-hybridized carbons (Fsp3) is 0.588. The molecule has 0 saturated carbocycles. The summed E-state index contributed by atoms with van der Waals surface area (Å²) in [6.07, 6.45) is 3.15. The van der Waals surface area contributed by atoms with Gasteiger partial charge in [-0.05, 0) is 43.0 Å². The highest BCUT2D eigenvalue weighted by Crippen LogP contribution is 2.19. The van der Waals surface area contributed by atoms with Crippen LogP contribution in [0, 0.1) is 5.92 Å². The van der Waals surface area contributed by atoms with Gasteiger partial charge in [0.25, 0.3) is 5.91 Å². The van der Waals surface area contributed by atoms with Crippen LogP contribution in [0.15, 0.2) is 24.3 Å². The maximum absolute atomic E-state index is 12.5. The van der Waals surface area contributed by atoms with Crippen molar-refractivity contribution < 1.29 is 9.53 Å². The van der Waals surface area contributed by atoms with Gasteiger partial charge in [0, 0.05) is 24.7 Å². The molecule has 0 bridgehead atoms. The number of amides is 1. The van der Waals surface area contributed by atoms with E-state index in [1.165, 1.54) is 0 Å². The van der Waals surface area contributed by atoms with Crippen LogP contribution in [0.3, 0.4) is 0 Å². The molecule has 1 aliphatic heterocycles. The van der Waals surface area contributed by atoms with E-state index in [0.29, 0.717) is 18.0 Å². The Kier molecular flexibility index (Phi) is 5.62. The van der Waals surface area contributed by atoms with Crippen molar-refractivity contribution in [3.8, 4) is 5.75 Å². The van der Waals surface area contributed by atoms with E-state index in [2.05, 4.69) is 13.8 Å². The number of piperidine rings is 1. The van der Waals surface area contributed by atoms with Crippen LogP contribution in [0.1, 0.15) is 43.5 Å². The third-order valence-electron chi connectivity index (χ3n) is 3.85. The van der Waals surface area contributed by atoms with Gasteiger partial charge < -0.3 is 15.4 Å². The minimum absolute atomic E-state index is 0.0668. The van der Waals surface area contributed by atoms with Gasteiger partial charge in [-0.15, -0.1) is 0 Å². The van der Waals surface area contributed by atoms with E-state index >= 15 is 0 Å². The van der Waals surface area contributed by atoms with Crippen molar-refractivity contribution in [3.05, 3.63) is 29.8 Å². The molecule has 1 aromatic rings. The Balaban J connectivity index is 1.96. The molecule has 2 unspecified atom stereocenters. The van der Waals surface area contributed by atoms with Crippen LogP contribution >= 0.6 is 0 Å². The average Bonchev–Trinajstić information content (AvgIpc) is 2.46. The third-order valence-corrected chi connectivity index (χ3v) is 3.85. The number of hydrogen-bond donors (Lipinski definition) is 1. The summed E-state index contributed by atoms with van der Waals surface area (Å²) < 4.78 is 5.62. The van der Waals surface area contributed by atoms with E-state index in [0.717, 1.165) is 38.2 Å². The summed E-state index contributed by atoms with van der Waals surface area (Å²) in [4.78, 5) is 14.4.